The van der Waals surface area contributed by atoms with Crippen LogP contribution in [0, 0.1) is 11.6 Å². The molecule has 0 radical (unpaired) electrons. The van der Waals surface area contributed by atoms with E-state index in [0.717, 1.165) is 31.4 Å². The summed E-state index contributed by atoms with van der Waals surface area (Å²) in [6.45, 7) is 0. The van der Waals surface area contributed by atoms with E-state index in [0.29, 0.717) is 24.1 Å². The zero-order chi connectivity index (χ0) is 14.9. The molecule has 0 heterocycles. The molecule has 110 valence electrons. The smallest absolute Gasteiger partial charge is 0.314 e. The molecule has 1 N–H and O–H groups in total. The fraction of sp³-hybridized carbons (Fsp3) is 0.533. The topological polar surface area (TPSA) is 40.5 Å². The lowest BCUT2D eigenvalue weighted by atomic mass is 9.68. The first-order chi connectivity index (χ1) is 9.38. The Balaban J connectivity index is 2.64. The quantitative estimate of drug-likeness (QED) is 0.925. The number of carboxylic acids is 1. The first-order valence-electron chi connectivity index (χ1n) is 6.79. The van der Waals surface area contributed by atoms with Crippen LogP contribution in [0.4, 0.5) is 14.5 Å². The van der Waals surface area contributed by atoms with Crippen molar-refractivity contribution in [3.8, 4) is 0 Å². The molecular formula is C15H19F2NO2. The van der Waals surface area contributed by atoms with Gasteiger partial charge in [0.05, 0.1) is 5.41 Å². The van der Waals surface area contributed by atoms with Gasteiger partial charge in [0.25, 0.3) is 0 Å². The highest BCUT2D eigenvalue weighted by Crippen LogP contribution is 2.44. The van der Waals surface area contributed by atoms with Gasteiger partial charge < -0.3 is 10.0 Å². The lowest BCUT2D eigenvalue weighted by Gasteiger charge is -2.36. The third-order valence-corrected chi connectivity index (χ3v) is 4.15. The number of halogens is 2. The predicted molar refractivity (Wildman–Crippen MR) is 73.1 cm³/mol. The number of aliphatic carboxylic acids is 1. The van der Waals surface area contributed by atoms with Crippen molar-refractivity contribution in [2.24, 2.45) is 0 Å². The fourth-order valence-electron chi connectivity index (χ4n) is 3.04. The number of benzene rings is 1. The van der Waals surface area contributed by atoms with E-state index in [-0.39, 0.29) is 0 Å². The summed E-state index contributed by atoms with van der Waals surface area (Å²) in [4.78, 5) is 13.4. The van der Waals surface area contributed by atoms with E-state index >= 15 is 0 Å². The maximum absolute atomic E-state index is 13.6. The summed E-state index contributed by atoms with van der Waals surface area (Å²) in [7, 11) is 3.41. The average Bonchev–Trinajstić information content (AvgIpc) is 2.41. The van der Waals surface area contributed by atoms with Crippen molar-refractivity contribution in [1.29, 1.82) is 0 Å². The number of rotatable bonds is 3. The van der Waals surface area contributed by atoms with Crippen molar-refractivity contribution < 1.29 is 18.7 Å². The highest BCUT2D eigenvalue weighted by atomic mass is 19.2. The molecule has 20 heavy (non-hydrogen) atoms. The van der Waals surface area contributed by atoms with Crippen LogP contribution >= 0.6 is 0 Å². The maximum Gasteiger partial charge on any atom is 0.314 e. The van der Waals surface area contributed by atoms with Crippen molar-refractivity contribution in [1.82, 2.24) is 0 Å². The average molecular weight is 283 g/mol. The summed E-state index contributed by atoms with van der Waals surface area (Å²) in [6.07, 6.45) is 3.49. The normalized spacial score (nSPS) is 17.8. The molecule has 1 aromatic carbocycles. The van der Waals surface area contributed by atoms with Crippen LogP contribution in [0.2, 0.25) is 0 Å². The van der Waals surface area contributed by atoms with Crippen molar-refractivity contribution >= 4 is 11.7 Å². The summed E-state index contributed by atoms with van der Waals surface area (Å²) < 4.78 is 27.1. The van der Waals surface area contributed by atoms with Crippen LogP contribution in [0.15, 0.2) is 12.1 Å². The largest absolute Gasteiger partial charge is 0.481 e. The molecule has 1 saturated carbocycles. The number of nitrogens with zero attached hydrogens (tertiary/aromatic N) is 1. The van der Waals surface area contributed by atoms with Gasteiger partial charge in [0.15, 0.2) is 11.6 Å². The standard InChI is InChI=1S/C15H19F2NO2/c1-18(2)13-9-12(17)11(16)8-10(13)15(14(19)20)6-4-3-5-7-15/h8-9H,3-7H2,1-2H3,(H,19,20). The van der Waals surface area contributed by atoms with Gasteiger partial charge in [-0.2, -0.15) is 0 Å². The van der Waals surface area contributed by atoms with Gasteiger partial charge in [0, 0.05) is 25.8 Å². The van der Waals surface area contributed by atoms with E-state index in [4.69, 9.17) is 0 Å². The minimum atomic E-state index is -1.10. The van der Waals surface area contributed by atoms with Gasteiger partial charge in [-0.05, 0) is 24.5 Å². The number of anilines is 1. The minimum absolute atomic E-state index is 0.383. The second-order valence-electron chi connectivity index (χ2n) is 5.63. The van der Waals surface area contributed by atoms with Gasteiger partial charge in [-0.15, -0.1) is 0 Å². The van der Waals surface area contributed by atoms with Gasteiger partial charge in [-0.3, -0.25) is 4.79 Å². The Labute approximate surface area is 117 Å². The second kappa shape index (κ2) is 5.38. The summed E-state index contributed by atoms with van der Waals surface area (Å²) in [6, 6.07) is 2.15. The lowest BCUT2D eigenvalue weighted by Crippen LogP contribution is -2.39. The van der Waals surface area contributed by atoms with Crippen LogP contribution in [-0.2, 0) is 10.2 Å². The molecule has 0 bridgehead atoms. The number of hydrogen-bond acceptors (Lipinski definition) is 2. The third kappa shape index (κ3) is 2.37. The Hall–Kier alpha value is -1.65. The Bertz CT molecular complexity index is 523. The number of hydrogen-bond donors (Lipinski definition) is 1. The van der Waals surface area contributed by atoms with Gasteiger partial charge >= 0.3 is 5.97 Å². The summed E-state index contributed by atoms with van der Waals surface area (Å²) in [5, 5.41) is 9.67. The third-order valence-electron chi connectivity index (χ3n) is 4.15. The molecule has 0 saturated heterocycles. The zero-order valence-corrected chi connectivity index (χ0v) is 11.7. The highest BCUT2D eigenvalue weighted by Gasteiger charge is 2.43. The molecule has 0 spiro atoms. The van der Waals surface area contributed by atoms with E-state index in [2.05, 4.69) is 0 Å². The maximum atomic E-state index is 13.6. The van der Waals surface area contributed by atoms with Crippen molar-refractivity contribution in [2.45, 2.75) is 37.5 Å². The second-order valence-corrected chi connectivity index (χ2v) is 5.63. The van der Waals surface area contributed by atoms with Gasteiger partial charge in [0.1, 0.15) is 0 Å². The van der Waals surface area contributed by atoms with E-state index < -0.39 is 23.0 Å². The Morgan fingerprint density at radius 2 is 1.70 bits per heavy atom. The number of carboxylic acid groups (broad SMARTS) is 1. The molecular weight excluding hydrogens is 264 g/mol. The van der Waals surface area contributed by atoms with E-state index in [1.165, 1.54) is 0 Å². The molecule has 0 aromatic heterocycles. The first-order valence-corrected chi connectivity index (χ1v) is 6.79. The van der Waals surface area contributed by atoms with Gasteiger partial charge in [-0.1, -0.05) is 19.3 Å². The molecule has 1 aliphatic rings. The molecule has 2 rings (SSSR count). The molecule has 0 unspecified atom stereocenters. The van der Waals surface area contributed by atoms with Crippen molar-refractivity contribution in [3.05, 3.63) is 29.3 Å². The van der Waals surface area contributed by atoms with Crippen LogP contribution in [0.5, 0.6) is 0 Å². The molecule has 5 heteroatoms. The summed E-state index contributed by atoms with van der Waals surface area (Å²) >= 11 is 0. The molecule has 3 nitrogen and oxygen atoms in total. The minimum Gasteiger partial charge on any atom is -0.481 e. The van der Waals surface area contributed by atoms with E-state index in [1.54, 1.807) is 19.0 Å². The molecule has 1 aromatic rings. The van der Waals surface area contributed by atoms with Crippen LogP contribution in [0.1, 0.15) is 37.7 Å². The first kappa shape index (κ1) is 14.8. The van der Waals surface area contributed by atoms with Gasteiger partial charge in [-0.25, -0.2) is 8.78 Å². The molecule has 0 amide bonds. The summed E-state index contributed by atoms with van der Waals surface area (Å²) in [5.74, 6) is -2.89. The Morgan fingerprint density at radius 3 is 2.20 bits per heavy atom. The van der Waals surface area contributed by atoms with E-state index in [9.17, 15) is 18.7 Å². The monoisotopic (exact) mass is 283 g/mol. The van der Waals surface area contributed by atoms with Gasteiger partial charge in [0.2, 0.25) is 0 Å². The van der Waals surface area contributed by atoms with Crippen LogP contribution in [0.3, 0.4) is 0 Å². The van der Waals surface area contributed by atoms with Crippen LogP contribution in [0.25, 0.3) is 0 Å². The summed E-state index contributed by atoms with van der Waals surface area (Å²) in [5.41, 5.74) is -0.284. The Kier molecular flexibility index (Phi) is 3.97. The van der Waals surface area contributed by atoms with Crippen molar-refractivity contribution in [3.63, 3.8) is 0 Å². The Morgan fingerprint density at radius 1 is 1.15 bits per heavy atom. The molecule has 0 aliphatic heterocycles. The molecule has 1 aliphatic carbocycles. The molecule has 0 atom stereocenters. The zero-order valence-electron chi connectivity index (χ0n) is 11.7. The SMILES string of the molecule is CN(C)c1cc(F)c(F)cc1C1(C(=O)O)CCCCC1. The van der Waals surface area contributed by atoms with E-state index in [1.807, 2.05) is 0 Å². The van der Waals surface area contributed by atoms with Crippen LogP contribution in [-0.4, -0.2) is 25.2 Å². The van der Waals surface area contributed by atoms with Crippen LogP contribution < -0.4 is 4.90 Å². The predicted octanol–water partition coefficient (Wildman–Crippen LogP) is 3.32. The lowest BCUT2D eigenvalue weighted by molar-refractivity contribution is -0.145. The van der Waals surface area contributed by atoms with Crippen molar-refractivity contribution in [2.75, 3.05) is 19.0 Å². The number of carbonyl (C=O) groups is 1. The fourth-order valence-corrected chi connectivity index (χ4v) is 3.04. The molecule has 1 fully saturated rings. The highest BCUT2D eigenvalue weighted by molar-refractivity contribution is 5.84.